The molecule has 0 spiro atoms. The molecule has 0 saturated heterocycles. The van der Waals surface area contributed by atoms with Gasteiger partial charge in [0.25, 0.3) is 0 Å². The second-order valence-electron chi connectivity index (χ2n) is 7.49. The molecule has 6 nitrogen and oxygen atoms in total. The summed E-state index contributed by atoms with van der Waals surface area (Å²) in [4.78, 5) is 26.5. The Morgan fingerprint density at radius 3 is 2.89 bits per heavy atom. The van der Waals surface area contributed by atoms with E-state index in [0.717, 1.165) is 50.2 Å². The van der Waals surface area contributed by atoms with E-state index in [9.17, 15) is 9.59 Å². The minimum Gasteiger partial charge on any atom is -0.353 e. The highest BCUT2D eigenvalue weighted by atomic mass is 32.1. The van der Waals surface area contributed by atoms with Crippen molar-refractivity contribution in [1.29, 1.82) is 0 Å². The van der Waals surface area contributed by atoms with Gasteiger partial charge in [-0.3, -0.25) is 14.3 Å². The van der Waals surface area contributed by atoms with Crippen LogP contribution in [-0.2, 0) is 35.5 Å². The first-order valence-electron chi connectivity index (χ1n) is 9.81. The number of carbonyl (C=O) groups is 2. The first kappa shape index (κ1) is 18.2. The lowest BCUT2D eigenvalue weighted by Crippen LogP contribution is -2.30. The van der Waals surface area contributed by atoms with Crippen molar-refractivity contribution in [3.05, 3.63) is 39.8 Å². The fourth-order valence-electron chi connectivity index (χ4n) is 3.47. The number of carbonyl (C=O) groups excluding carboxylic acids is 2. The predicted molar refractivity (Wildman–Crippen MR) is 104 cm³/mol. The third-order valence-electron chi connectivity index (χ3n) is 5.18. The summed E-state index contributed by atoms with van der Waals surface area (Å²) < 4.78 is 2.01. The quantitative estimate of drug-likeness (QED) is 0.795. The van der Waals surface area contributed by atoms with Crippen LogP contribution < -0.4 is 5.32 Å². The summed E-state index contributed by atoms with van der Waals surface area (Å²) in [7, 11) is 0. The fraction of sp³-hybridized carbons (Fsp3) is 0.550. The van der Waals surface area contributed by atoms with Crippen LogP contribution in [0.25, 0.3) is 0 Å². The Labute approximate surface area is 163 Å². The molecule has 2 aliphatic rings. The molecule has 3 heterocycles. The van der Waals surface area contributed by atoms with E-state index in [1.54, 1.807) is 11.3 Å². The summed E-state index contributed by atoms with van der Waals surface area (Å²) in [5.74, 6) is 0.326. The number of amides is 2. The number of rotatable bonds is 7. The van der Waals surface area contributed by atoms with Crippen molar-refractivity contribution in [2.24, 2.45) is 0 Å². The Kier molecular flexibility index (Phi) is 5.57. The average Bonchev–Trinajstić information content (AvgIpc) is 3.22. The summed E-state index contributed by atoms with van der Waals surface area (Å²) in [6.45, 7) is 2.23. The van der Waals surface area contributed by atoms with E-state index < -0.39 is 0 Å². The van der Waals surface area contributed by atoms with E-state index >= 15 is 0 Å². The predicted octanol–water partition coefficient (Wildman–Crippen LogP) is 2.52. The molecular formula is C20H26N4O2S. The summed E-state index contributed by atoms with van der Waals surface area (Å²) in [6, 6.07) is 4.56. The van der Waals surface area contributed by atoms with Gasteiger partial charge in [-0.15, -0.1) is 0 Å². The van der Waals surface area contributed by atoms with Crippen molar-refractivity contribution in [2.75, 3.05) is 6.54 Å². The molecule has 1 aliphatic carbocycles. The smallest absolute Gasteiger partial charge is 0.223 e. The van der Waals surface area contributed by atoms with Gasteiger partial charge in [-0.1, -0.05) is 0 Å². The van der Waals surface area contributed by atoms with Crippen LogP contribution in [0, 0.1) is 0 Å². The molecule has 1 saturated carbocycles. The van der Waals surface area contributed by atoms with Gasteiger partial charge in [0, 0.05) is 38.4 Å². The molecule has 2 aromatic heterocycles. The van der Waals surface area contributed by atoms with Gasteiger partial charge in [0.2, 0.25) is 11.8 Å². The van der Waals surface area contributed by atoms with E-state index in [2.05, 4.69) is 33.3 Å². The molecule has 4 rings (SSSR count). The van der Waals surface area contributed by atoms with E-state index in [1.807, 2.05) is 9.58 Å². The van der Waals surface area contributed by atoms with Crippen molar-refractivity contribution in [2.45, 2.75) is 64.1 Å². The SMILES string of the molecule is O=C(CCc1cc2n(n1)CCCN(C(=O)CCc1ccsc1)C2)NC1CC1. The molecule has 27 heavy (non-hydrogen) atoms. The van der Waals surface area contributed by atoms with Crippen LogP contribution in [0.15, 0.2) is 22.9 Å². The summed E-state index contributed by atoms with van der Waals surface area (Å²) in [5, 5.41) is 11.8. The van der Waals surface area contributed by atoms with Crippen LogP contribution in [0.2, 0.25) is 0 Å². The number of aromatic nitrogens is 2. The Balaban J connectivity index is 1.31. The molecule has 144 valence electrons. The van der Waals surface area contributed by atoms with E-state index in [4.69, 9.17) is 0 Å². The summed E-state index contributed by atoms with van der Waals surface area (Å²) >= 11 is 1.67. The Bertz CT molecular complexity index is 795. The fourth-order valence-corrected chi connectivity index (χ4v) is 4.17. The van der Waals surface area contributed by atoms with Gasteiger partial charge in [-0.2, -0.15) is 16.4 Å². The number of nitrogens with zero attached hydrogens (tertiary/aromatic N) is 3. The number of hydrogen-bond acceptors (Lipinski definition) is 4. The van der Waals surface area contributed by atoms with Gasteiger partial charge in [0.15, 0.2) is 0 Å². The molecule has 1 fully saturated rings. The highest BCUT2D eigenvalue weighted by Crippen LogP contribution is 2.19. The monoisotopic (exact) mass is 386 g/mol. The maximum absolute atomic E-state index is 12.6. The molecule has 7 heteroatoms. The second kappa shape index (κ2) is 8.25. The van der Waals surface area contributed by atoms with Gasteiger partial charge in [-0.25, -0.2) is 0 Å². The van der Waals surface area contributed by atoms with Gasteiger partial charge in [0.05, 0.1) is 17.9 Å². The number of nitrogens with one attached hydrogen (secondary N) is 1. The molecule has 0 unspecified atom stereocenters. The van der Waals surface area contributed by atoms with E-state index in [-0.39, 0.29) is 11.8 Å². The molecule has 2 amide bonds. The molecule has 0 aromatic carbocycles. The average molecular weight is 387 g/mol. The van der Waals surface area contributed by atoms with E-state index in [0.29, 0.717) is 31.8 Å². The third-order valence-corrected chi connectivity index (χ3v) is 5.91. The maximum Gasteiger partial charge on any atom is 0.223 e. The maximum atomic E-state index is 12.6. The number of thiophene rings is 1. The van der Waals surface area contributed by atoms with Crippen LogP contribution >= 0.6 is 11.3 Å². The molecule has 2 aromatic rings. The van der Waals surface area contributed by atoms with Gasteiger partial charge >= 0.3 is 0 Å². The minimum absolute atomic E-state index is 0.117. The standard InChI is InChI=1S/C20H26N4O2S/c25-19(21-16-3-4-16)6-5-17-12-18-13-23(9-1-10-24(18)22-17)20(26)7-2-15-8-11-27-14-15/h8,11-12,14,16H,1-7,9-10,13H2,(H,21,25). The number of aryl methyl sites for hydroxylation is 3. The Morgan fingerprint density at radius 1 is 1.22 bits per heavy atom. The van der Waals surface area contributed by atoms with Crippen LogP contribution in [0.4, 0.5) is 0 Å². The van der Waals surface area contributed by atoms with Gasteiger partial charge in [0.1, 0.15) is 0 Å². The zero-order chi connectivity index (χ0) is 18.6. The third kappa shape index (κ3) is 4.97. The normalized spacial score (nSPS) is 16.7. The molecule has 0 radical (unpaired) electrons. The summed E-state index contributed by atoms with van der Waals surface area (Å²) in [6.07, 6.45) is 5.64. The second-order valence-corrected chi connectivity index (χ2v) is 8.27. The molecule has 1 N–H and O–H groups in total. The Morgan fingerprint density at radius 2 is 2.11 bits per heavy atom. The van der Waals surface area contributed by atoms with E-state index in [1.165, 1.54) is 5.56 Å². The minimum atomic E-state index is 0.117. The molecular weight excluding hydrogens is 360 g/mol. The lowest BCUT2D eigenvalue weighted by atomic mass is 10.1. The lowest BCUT2D eigenvalue weighted by Gasteiger charge is -2.19. The molecule has 1 aliphatic heterocycles. The van der Waals surface area contributed by atoms with Crippen molar-refractivity contribution in [3.63, 3.8) is 0 Å². The van der Waals surface area contributed by atoms with Crippen molar-refractivity contribution in [1.82, 2.24) is 20.0 Å². The zero-order valence-electron chi connectivity index (χ0n) is 15.5. The van der Waals surface area contributed by atoms with Gasteiger partial charge in [-0.05, 0) is 54.1 Å². The van der Waals surface area contributed by atoms with Crippen LogP contribution in [0.1, 0.15) is 49.1 Å². The highest BCUT2D eigenvalue weighted by molar-refractivity contribution is 7.07. The number of hydrogen-bond donors (Lipinski definition) is 1. The zero-order valence-corrected chi connectivity index (χ0v) is 16.3. The van der Waals surface area contributed by atoms with Crippen molar-refractivity contribution >= 4 is 23.2 Å². The first-order valence-corrected chi connectivity index (χ1v) is 10.8. The number of fused-ring (bicyclic) bond motifs is 1. The van der Waals surface area contributed by atoms with Crippen LogP contribution in [-0.4, -0.2) is 39.1 Å². The lowest BCUT2D eigenvalue weighted by molar-refractivity contribution is -0.131. The summed E-state index contributed by atoms with van der Waals surface area (Å²) in [5.41, 5.74) is 3.26. The van der Waals surface area contributed by atoms with Crippen LogP contribution in [0.5, 0.6) is 0 Å². The topological polar surface area (TPSA) is 67.2 Å². The molecule has 0 atom stereocenters. The van der Waals surface area contributed by atoms with Crippen LogP contribution in [0.3, 0.4) is 0 Å². The first-order chi connectivity index (χ1) is 13.2. The largest absolute Gasteiger partial charge is 0.353 e. The Hall–Kier alpha value is -2.15. The van der Waals surface area contributed by atoms with Gasteiger partial charge < -0.3 is 10.2 Å². The molecule has 0 bridgehead atoms. The highest BCUT2D eigenvalue weighted by Gasteiger charge is 2.24. The van der Waals surface area contributed by atoms with Crippen molar-refractivity contribution in [3.8, 4) is 0 Å². The van der Waals surface area contributed by atoms with Crippen molar-refractivity contribution < 1.29 is 9.59 Å².